The molecule has 1 saturated heterocycles. The van der Waals surface area contributed by atoms with Crippen molar-refractivity contribution in [3.05, 3.63) is 18.0 Å². The summed E-state index contributed by atoms with van der Waals surface area (Å²) in [5.74, 6) is -0.542. The summed E-state index contributed by atoms with van der Waals surface area (Å²) in [6.07, 6.45) is 0.772. The fourth-order valence-electron chi connectivity index (χ4n) is 2.63. The molecular weight excluding hydrogens is 315 g/mol. The van der Waals surface area contributed by atoms with Gasteiger partial charge in [-0.05, 0) is 31.2 Å². The predicted molar refractivity (Wildman–Crippen MR) is 79.2 cm³/mol. The first kappa shape index (κ1) is 15.4. The zero-order chi connectivity index (χ0) is 15.7. The number of halogens is 3. The molecule has 0 N–H and O–H groups in total. The Bertz CT molecular complexity index is 657. The summed E-state index contributed by atoms with van der Waals surface area (Å²) in [4.78, 5) is 2.05. The quantitative estimate of drug-likeness (QED) is 0.847. The van der Waals surface area contributed by atoms with Gasteiger partial charge in [-0.2, -0.15) is 29.4 Å². The Labute approximate surface area is 129 Å². The minimum Gasteiger partial charge on any atom is -0.354 e. The third-order valence-electron chi connectivity index (χ3n) is 3.79. The van der Waals surface area contributed by atoms with Crippen LogP contribution < -0.4 is 4.90 Å². The van der Waals surface area contributed by atoms with Gasteiger partial charge in [-0.1, -0.05) is 6.42 Å². The Hall–Kier alpha value is -1.51. The van der Waals surface area contributed by atoms with E-state index in [1.807, 2.05) is 4.90 Å². The van der Waals surface area contributed by atoms with E-state index in [4.69, 9.17) is 0 Å². The third-order valence-corrected chi connectivity index (χ3v) is 4.84. The van der Waals surface area contributed by atoms with Crippen LogP contribution in [0.1, 0.15) is 25.1 Å². The van der Waals surface area contributed by atoms with Gasteiger partial charge in [0.2, 0.25) is 0 Å². The molecule has 0 amide bonds. The van der Waals surface area contributed by atoms with Crippen molar-refractivity contribution >= 4 is 23.2 Å². The van der Waals surface area contributed by atoms with E-state index >= 15 is 0 Å². The second-order valence-corrected chi connectivity index (χ2v) is 6.42. The molecule has 22 heavy (non-hydrogen) atoms. The summed E-state index contributed by atoms with van der Waals surface area (Å²) in [5.41, 5.74) is 0.104. The van der Waals surface area contributed by atoms with E-state index in [-0.39, 0.29) is 5.65 Å². The number of nitrogens with zero attached hydrogens (tertiary/aromatic N) is 5. The summed E-state index contributed by atoms with van der Waals surface area (Å²) in [6.45, 7) is 1.60. The average Bonchev–Trinajstić information content (AvgIpc) is 2.76. The number of aromatic nitrogens is 4. The van der Waals surface area contributed by atoms with Crippen molar-refractivity contribution in [2.24, 2.45) is 0 Å². The molecule has 0 radical (unpaired) electrons. The molecule has 1 fully saturated rings. The molecule has 1 unspecified atom stereocenters. The minimum absolute atomic E-state index is 0.104. The SMILES string of the molecule is CSC1CCCCN(c2ccc3nnc(C(F)(F)F)n3n2)C1. The fraction of sp³-hybridized carbons (Fsp3) is 0.615. The van der Waals surface area contributed by atoms with Crippen molar-refractivity contribution in [1.82, 2.24) is 19.8 Å². The van der Waals surface area contributed by atoms with E-state index in [2.05, 4.69) is 21.6 Å². The second kappa shape index (κ2) is 5.94. The zero-order valence-electron chi connectivity index (χ0n) is 12.0. The first-order chi connectivity index (χ1) is 10.5. The highest BCUT2D eigenvalue weighted by molar-refractivity contribution is 7.99. The lowest BCUT2D eigenvalue weighted by Crippen LogP contribution is -2.30. The maximum Gasteiger partial charge on any atom is 0.453 e. The number of thioether (sulfide) groups is 1. The first-order valence-corrected chi connectivity index (χ1v) is 8.35. The van der Waals surface area contributed by atoms with E-state index in [1.54, 1.807) is 17.8 Å². The molecule has 5 nitrogen and oxygen atoms in total. The maximum absolute atomic E-state index is 12.9. The molecule has 2 aromatic rings. The van der Waals surface area contributed by atoms with Crippen molar-refractivity contribution in [1.29, 1.82) is 0 Å². The summed E-state index contributed by atoms with van der Waals surface area (Å²) >= 11 is 1.79. The van der Waals surface area contributed by atoms with Gasteiger partial charge in [0.05, 0.1) is 0 Å². The minimum atomic E-state index is -4.56. The predicted octanol–water partition coefficient (Wildman–Crippen LogP) is 2.87. The lowest BCUT2D eigenvalue weighted by Gasteiger charge is -2.24. The van der Waals surface area contributed by atoms with E-state index < -0.39 is 12.0 Å². The van der Waals surface area contributed by atoms with Crippen molar-refractivity contribution in [3.63, 3.8) is 0 Å². The Morgan fingerprint density at radius 2 is 2.05 bits per heavy atom. The number of alkyl halides is 3. The second-order valence-electron chi connectivity index (χ2n) is 5.28. The van der Waals surface area contributed by atoms with Crippen LogP contribution in [0.5, 0.6) is 0 Å². The highest BCUT2D eigenvalue weighted by Crippen LogP contribution is 2.28. The van der Waals surface area contributed by atoms with Crippen molar-refractivity contribution in [2.45, 2.75) is 30.7 Å². The van der Waals surface area contributed by atoms with Crippen LogP contribution in [0, 0.1) is 0 Å². The van der Waals surface area contributed by atoms with E-state index in [1.165, 1.54) is 6.07 Å². The van der Waals surface area contributed by atoms with Gasteiger partial charge in [0.1, 0.15) is 5.82 Å². The van der Waals surface area contributed by atoms with Gasteiger partial charge in [0, 0.05) is 18.3 Å². The van der Waals surface area contributed by atoms with Crippen molar-refractivity contribution in [2.75, 3.05) is 24.2 Å². The maximum atomic E-state index is 12.9. The van der Waals surface area contributed by atoms with Crippen molar-refractivity contribution < 1.29 is 13.2 Å². The normalized spacial score (nSPS) is 20.4. The topological polar surface area (TPSA) is 46.3 Å². The van der Waals surface area contributed by atoms with Gasteiger partial charge in [0.25, 0.3) is 5.82 Å². The highest BCUT2D eigenvalue weighted by atomic mass is 32.2. The third kappa shape index (κ3) is 2.99. The van der Waals surface area contributed by atoms with Crippen LogP contribution in [0.25, 0.3) is 5.65 Å². The molecule has 9 heteroatoms. The number of fused-ring (bicyclic) bond motifs is 1. The molecule has 2 aromatic heterocycles. The standard InChI is InChI=1S/C13H16F3N5S/c1-22-9-4-2-3-7-20(8-9)11-6-5-10-17-18-12(13(14,15)16)21(10)19-11/h5-6,9H,2-4,7-8H2,1H3. The largest absolute Gasteiger partial charge is 0.453 e. The van der Waals surface area contributed by atoms with Crippen LogP contribution in [0.4, 0.5) is 19.0 Å². The molecule has 1 aliphatic heterocycles. The summed E-state index contributed by atoms with van der Waals surface area (Å²) < 4.78 is 39.6. The number of hydrogen-bond donors (Lipinski definition) is 0. The molecule has 1 atom stereocenters. The zero-order valence-corrected chi connectivity index (χ0v) is 12.9. The summed E-state index contributed by atoms with van der Waals surface area (Å²) in [5, 5.41) is 11.3. The Balaban J connectivity index is 1.96. The van der Waals surface area contributed by atoms with Gasteiger partial charge >= 0.3 is 6.18 Å². The number of hydrogen-bond acceptors (Lipinski definition) is 5. The smallest absolute Gasteiger partial charge is 0.354 e. The van der Waals surface area contributed by atoms with Gasteiger partial charge in [-0.15, -0.1) is 15.3 Å². The summed E-state index contributed by atoms with van der Waals surface area (Å²) in [6, 6.07) is 3.25. The van der Waals surface area contributed by atoms with Gasteiger partial charge < -0.3 is 4.90 Å². The Kier molecular flexibility index (Phi) is 4.16. The monoisotopic (exact) mass is 331 g/mol. The van der Waals surface area contributed by atoms with E-state index in [0.29, 0.717) is 11.1 Å². The molecule has 1 aliphatic rings. The van der Waals surface area contributed by atoms with Crippen LogP contribution in [-0.2, 0) is 6.18 Å². The average molecular weight is 331 g/mol. The fourth-order valence-corrected chi connectivity index (χ4v) is 3.36. The molecule has 0 aliphatic carbocycles. The van der Waals surface area contributed by atoms with E-state index in [0.717, 1.165) is 36.9 Å². The van der Waals surface area contributed by atoms with Gasteiger partial charge in [-0.25, -0.2) is 0 Å². The van der Waals surface area contributed by atoms with Gasteiger partial charge in [-0.3, -0.25) is 0 Å². The lowest BCUT2D eigenvalue weighted by molar-refractivity contribution is -0.146. The number of anilines is 1. The molecule has 3 heterocycles. The molecular formula is C13H16F3N5S. The van der Waals surface area contributed by atoms with E-state index in [9.17, 15) is 13.2 Å². The lowest BCUT2D eigenvalue weighted by atomic mass is 10.2. The summed E-state index contributed by atoms with van der Waals surface area (Å²) in [7, 11) is 0. The van der Waals surface area contributed by atoms with Crippen LogP contribution in [0.3, 0.4) is 0 Å². The molecule has 0 aromatic carbocycles. The molecule has 0 bridgehead atoms. The van der Waals surface area contributed by atoms with Gasteiger partial charge in [0.15, 0.2) is 5.65 Å². The van der Waals surface area contributed by atoms with Crippen LogP contribution in [-0.4, -0.2) is 44.4 Å². The molecule has 0 saturated carbocycles. The molecule has 3 rings (SSSR count). The Morgan fingerprint density at radius 1 is 1.23 bits per heavy atom. The van der Waals surface area contributed by atoms with Crippen molar-refractivity contribution in [3.8, 4) is 0 Å². The van der Waals surface area contributed by atoms with Crippen LogP contribution in [0.2, 0.25) is 0 Å². The number of rotatable bonds is 2. The van der Waals surface area contributed by atoms with Crippen LogP contribution >= 0.6 is 11.8 Å². The highest BCUT2D eigenvalue weighted by Gasteiger charge is 2.37. The molecule has 120 valence electrons. The first-order valence-electron chi connectivity index (χ1n) is 7.06. The van der Waals surface area contributed by atoms with Crippen LogP contribution in [0.15, 0.2) is 12.1 Å². The Morgan fingerprint density at radius 3 is 2.77 bits per heavy atom. The molecule has 0 spiro atoms.